The van der Waals surface area contributed by atoms with Crippen LogP contribution in [0.1, 0.15) is 37.1 Å². The van der Waals surface area contributed by atoms with Crippen molar-refractivity contribution >= 4 is 38.1 Å². The maximum absolute atomic E-state index is 12.4. The van der Waals surface area contributed by atoms with Crippen LogP contribution in [0.25, 0.3) is 0 Å². The van der Waals surface area contributed by atoms with Crippen molar-refractivity contribution in [3.8, 4) is 0 Å². The van der Waals surface area contributed by atoms with Crippen LogP contribution in [0.5, 0.6) is 0 Å². The zero-order chi connectivity index (χ0) is 16.3. The second-order valence-corrected chi connectivity index (χ2v) is 7.77. The fraction of sp³-hybridized carbons (Fsp3) is 0.357. The Morgan fingerprint density at radius 2 is 2.18 bits per heavy atom. The van der Waals surface area contributed by atoms with Crippen molar-refractivity contribution in [3.05, 3.63) is 39.9 Å². The summed E-state index contributed by atoms with van der Waals surface area (Å²) in [7, 11) is -3.76. The minimum atomic E-state index is -3.76. The molecule has 8 heteroatoms. The molecule has 120 valence electrons. The summed E-state index contributed by atoms with van der Waals surface area (Å²) in [5.74, 6) is 0. The molecule has 1 aromatic carbocycles. The molecule has 22 heavy (non-hydrogen) atoms. The van der Waals surface area contributed by atoms with Crippen molar-refractivity contribution in [1.29, 1.82) is 0 Å². The molecule has 0 saturated carbocycles. The number of sulfonamides is 1. The van der Waals surface area contributed by atoms with Gasteiger partial charge in [0.25, 0.3) is 10.0 Å². The lowest BCUT2D eigenvalue weighted by Crippen LogP contribution is -2.14. The van der Waals surface area contributed by atoms with Crippen molar-refractivity contribution in [1.82, 2.24) is 4.98 Å². The maximum atomic E-state index is 12.4. The first kappa shape index (κ1) is 17.2. The van der Waals surface area contributed by atoms with Gasteiger partial charge in [0.1, 0.15) is 0 Å². The van der Waals surface area contributed by atoms with Crippen LogP contribution in [-0.2, 0) is 10.0 Å². The zero-order valence-corrected chi connectivity index (χ0v) is 14.6. The fourth-order valence-corrected chi connectivity index (χ4v) is 4.46. The predicted molar refractivity (Wildman–Crippen MR) is 89.0 cm³/mol. The number of benzene rings is 1. The Labute approximate surface area is 139 Å². The van der Waals surface area contributed by atoms with Gasteiger partial charge in [-0.2, -0.15) is 0 Å². The highest BCUT2D eigenvalue weighted by atomic mass is 35.5. The molecule has 0 aliphatic carbocycles. The minimum Gasteiger partial charge on any atom is -0.387 e. The fourth-order valence-electron chi connectivity index (χ4n) is 1.96. The van der Waals surface area contributed by atoms with Gasteiger partial charge >= 0.3 is 0 Å². The molecule has 1 atom stereocenters. The molecule has 0 saturated heterocycles. The van der Waals surface area contributed by atoms with Crippen LogP contribution >= 0.6 is 22.9 Å². The van der Waals surface area contributed by atoms with Crippen LogP contribution in [0.3, 0.4) is 0 Å². The van der Waals surface area contributed by atoms with E-state index in [0.29, 0.717) is 22.7 Å². The molecule has 0 aliphatic rings. The zero-order valence-electron chi connectivity index (χ0n) is 12.2. The van der Waals surface area contributed by atoms with Gasteiger partial charge in [0.2, 0.25) is 0 Å². The Bertz CT molecular complexity index is 759. The lowest BCUT2D eigenvalue weighted by Gasteiger charge is -2.09. The third kappa shape index (κ3) is 3.78. The molecule has 0 aliphatic heterocycles. The Morgan fingerprint density at radius 1 is 1.45 bits per heavy atom. The number of rotatable bonds is 6. The first-order valence-electron chi connectivity index (χ1n) is 6.76. The van der Waals surface area contributed by atoms with Crippen molar-refractivity contribution in [2.75, 3.05) is 4.72 Å². The van der Waals surface area contributed by atoms with Crippen molar-refractivity contribution in [2.45, 2.75) is 37.7 Å². The van der Waals surface area contributed by atoms with Crippen LogP contribution in [0.2, 0.25) is 5.02 Å². The van der Waals surface area contributed by atoms with E-state index < -0.39 is 16.1 Å². The number of thiazole rings is 1. The topological polar surface area (TPSA) is 79.3 Å². The van der Waals surface area contributed by atoms with Crippen LogP contribution in [0.15, 0.2) is 28.5 Å². The molecule has 5 nitrogen and oxygen atoms in total. The van der Waals surface area contributed by atoms with Gasteiger partial charge in [-0.05, 0) is 31.0 Å². The highest BCUT2D eigenvalue weighted by Gasteiger charge is 2.20. The Morgan fingerprint density at radius 3 is 2.86 bits per heavy atom. The van der Waals surface area contributed by atoms with E-state index in [0.717, 1.165) is 17.8 Å². The molecule has 1 aromatic heterocycles. The second kappa shape index (κ2) is 6.95. The molecular weight excluding hydrogens is 344 g/mol. The summed E-state index contributed by atoms with van der Waals surface area (Å²) in [6.07, 6.45) is 0.734. The van der Waals surface area contributed by atoms with E-state index in [1.165, 1.54) is 6.07 Å². The summed E-state index contributed by atoms with van der Waals surface area (Å²) in [4.78, 5) is 4.25. The standard InChI is InChI=1S/C14H17ClN2O3S2/c1-3-5-12(18)11-8-21-14(16-11)17-22(19,20)13-7-4-6-10(15)9(13)2/h4,6-8,12,18H,3,5H2,1-2H3,(H,16,17). The van der Waals surface area contributed by atoms with E-state index in [1.807, 2.05) is 6.92 Å². The molecule has 0 spiro atoms. The predicted octanol–water partition coefficient (Wildman–Crippen LogP) is 3.74. The molecular formula is C14H17ClN2O3S2. The van der Waals surface area contributed by atoms with Gasteiger partial charge in [-0.3, -0.25) is 4.72 Å². The highest BCUT2D eigenvalue weighted by molar-refractivity contribution is 7.93. The lowest BCUT2D eigenvalue weighted by molar-refractivity contribution is 0.162. The van der Waals surface area contributed by atoms with E-state index in [4.69, 9.17) is 11.6 Å². The van der Waals surface area contributed by atoms with Gasteiger partial charge in [-0.25, -0.2) is 13.4 Å². The van der Waals surface area contributed by atoms with E-state index in [9.17, 15) is 13.5 Å². The molecule has 1 unspecified atom stereocenters. The summed E-state index contributed by atoms with van der Waals surface area (Å²) < 4.78 is 27.3. The van der Waals surface area contributed by atoms with Crippen molar-refractivity contribution in [2.24, 2.45) is 0 Å². The van der Waals surface area contributed by atoms with Gasteiger partial charge in [0.05, 0.1) is 16.7 Å². The smallest absolute Gasteiger partial charge is 0.263 e. The molecule has 0 radical (unpaired) electrons. The van der Waals surface area contributed by atoms with Crippen LogP contribution < -0.4 is 4.72 Å². The van der Waals surface area contributed by atoms with Gasteiger partial charge in [-0.15, -0.1) is 11.3 Å². The van der Waals surface area contributed by atoms with Gasteiger partial charge in [0.15, 0.2) is 5.13 Å². The van der Waals surface area contributed by atoms with E-state index in [-0.39, 0.29) is 10.0 Å². The van der Waals surface area contributed by atoms with Crippen LogP contribution in [0, 0.1) is 6.92 Å². The SMILES string of the molecule is CCCC(O)c1csc(NS(=O)(=O)c2cccc(Cl)c2C)n1. The summed E-state index contributed by atoms with van der Waals surface area (Å²) >= 11 is 7.11. The molecule has 0 amide bonds. The number of anilines is 1. The second-order valence-electron chi connectivity index (χ2n) is 4.85. The van der Waals surface area contributed by atoms with E-state index in [2.05, 4.69) is 9.71 Å². The van der Waals surface area contributed by atoms with E-state index in [1.54, 1.807) is 24.4 Å². The summed E-state index contributed by atoms with van der Waals surface area (Å²) in [6.45, 7) is 3.61. The monoisotopic (exact) mass is 360 g/mol. The minimum absolute atomic E-state index is 0.117. The number of aliphatic hydroxyl groups is 1. The third-order valence-electron chi connectivity index (χ3n) is 3.15. The Hall–Kier alpha value is -1.15. The quantitative estimate of drug-likeness (QED) is 0.822. The molecule has 2 aromatic rings. The first-order valence-corrected chi connectivity index (χ1v) is 9.50. The Balaban J connectivity index is 2.24. The Kier molecular flexibility index (Phi) is 5.44. The molecule has 2 N–H and O–H groups in total. The average Bonchev–Trinajstić information content (AvgIpc) is 2.89. The normalized spacial score (nSPS) is 13.1. The first-order chi connectivity index (χ1) is 10.3. The number of hydrogen-bond donors (Lipinski definition) is 2. The summed E-state index contributed by atoms with van der Waals surface area (Å²) in [5.41, 5.74) is 0.965. The van der Waals surface area contributed by atoms with Gasteiger partial charge in [0, 0.05) is 10.4 Å². The summed E-state index contributed by atoms with van der Waals surface area (Å²) in [6, 6.07) is 4.71. The number of nitrogens with one attached hydrogen (secondary N) is 1. The van der Waals surface area contributed by atoms with Crippen molar-refractivity contribution in [3.63, 3.8) is 0 Å². The molecule has 1 heterocycles. The number of aromatic nitrogens is 1. The van der Waals surface area contributed by atoms with Crippen molar-refractivity contribution < 1.29 is 13.5 Å². The third-order valence-corrected chi connectivity index (χ3v) is 5.95. The molecule has 0 fully saturated rings. The highest BCUT2D eigenvalue weighted by Crippen LogP contribution is 2.28. The average molecular weight is 361 g/mol. The van der Waals surface area contributed by atoms with Gasteiger partial charge < -0.3 is 5.11 Å². The number of halogens is 1. The van der Waals surface area contributed by atoms with Gasteiger partial charge in [-0.1, -0.05) is 31.0 Å². The van der Waals surface area contributed by atoms with E-state index >= 15 is 0 Å². The maximum Gasteiger partial charge on any atom is 0.263 e. The molecule has 2 rings (SSSR count). The van der Waals surface area contributed by atoms with Crippen LogP contribution in [-0.4, -0.2) is 18.5 Å². The largest absolute Gasteiger partial charge is 0.387 e. The number of aliphatic hydroxyl groups excluding tert-OH is 1. The summed E-state index contributed by atoms with van der Waals surface area (Å²) in [5, 5.41) is 12.2. The number of nitrogens with zero attached hydrogens (tertiary/aromatic N) is 1. The molecule has 0 bridgehead atoms. The number of hydrogen-bond acceptors (Lipinski definition) is 5. The van der Waals surface area contributed by atoms with Crippen LogP contribution in [0.4, 0.5) is 5.13 Å². The lowest BCUT2D eigenvalue weighted by atomic mass is 10.2.